The summed E-state index contributed by atoms with van der Waals surface area (Å²) in [4.78, 5) is 18.1. The van der Waals surface area contributed by atoms with Gasteiger partial charge in [0.15, 0.2) is 17.5 Å². The zero-order chi connectivity index (χ0) is 23.0. The second kappa shape index (κ2) is 10.2. The monoisotopic (exact) mass is 436 g/mol. The van der Waals surface area contributed by atoms with Crippen LogP contribution in [0.4, 0.5) is 11.6 Å². The molecular weight excluding hydrogens is 412 g/mol. The molecule has 0 saturated carbocycles. The quantitative estimate of drug-likeness (QED) is 0.318. The van der Waals surface area contributed by atoms with E-state index in [2.05, 4.69) is 20.2 Å². The first-order valence-corrected chi connectivity index (χ1v) is 10.4. The Kier molecular flexibility index (Phi) is 6.75. The van der Waals surface area contributed by atoms with E-state index in [4.69, 9.17) is 9.97 Å². The van der Waals surface area contributed by atoms with Crippen molar-refractivity contribution in [1.29, 1.82) is 0 Å². The average Bonchev–Trinajstić information content (AvgIpc) is 2.88. The van der Waals surface area contributed by atoms with Crippen molar-refractivity contribution in [3.8, 4) is 11.4 Å². The molecule has 1 aromatic carbocycles. The summed E-state index contributed by atoms with van der Waals surface area (Å²) in [5, 5.41) is 12.6. The van der Waals surface area contributed by atoms with Gasteiger partial charge in [0.1, 0.15) is 0 Å². The van der Waals surface area contributed by atoms with Crippen LogP contribution in [0.3, 0.4) is 0 Å². The summed E-state index contributed by atoms with van der Waals surface area (Å²) in [5.74, 6) is 1.85. The zero-order valence-corrected chi connectivity index (χ0v) is 18.7. The minimum atomic E-state index is 0.584. The molecule has 0 spiro atoms. The molecule has 0 atom stereocenters. The predicted octanol–water partition coefficient (Wildman–Crippen LogP) is 4.26. The van der Waals surface area contributed by atoms with Crippen molar-refractivity contribution in [2.24, 2.45) is 10.2 Å². The van der Waals surface area contributed by atoms with Crippen LogP contribution in [0.15, 0.2) is 95.4 Å². The molecule has 33 heavy (non-hydrogen) atoms. The Balaban J connectivity index is 1.69. The third-order valence-corrected chi connectivity index (χ3v) is 4.78. The Morgan fingerprint density at radius 1 is 0.788 bits per heavy atom. The summed E-state index contributed by atoms with van der Waals surface area (Å²) in [6, 6.07) is 23.1. The van der Waals surface area contributed by atoms with Gasteiger partial charge < -0.3 is 0 Å². The van der Waals surface area contributed by atoms with Crippen molar-refractivity contribution in [3.05, 3.63) is 96.6 Å². The van der Waals surface area contributed by atoms with E-state index in [-0.39, 0.29) is 0 Å². The molecule has 3 heterocycles. The predicted molar refractivity (Wildman–Crippen MR) is 133 cm³/mol. The van der Waals surface area contributed by atoms with E-state index >= 15 is 0 Å². The first kappa shape index (κ1) is 21.8. The molecule has 0 radical (unpaired) electrons. The second-order valence-corrected chi connectivity index (χ2v) is 7.22. The van der Waals surface area contributed by atoms with Crippen molar-refractivity contribution in [1.82, 2.24) is 19.9 Å². The third-order valence-electron chi connectivity index (χ3n) is 4.78. The Labute approximate surface area is 193 Å². The van der Waals surface area contributed by atoms with E-state index in [1.807, 2.05) is 93.8 Å². The van der Waals surface area contributed by atoms with Crippen LogP contribution < -0.4 is 10.0 Å². The fourth-order valence-electron chi connectivity index (χ4n) is 3.03. The topological polar surface area (TPSA) is 82.8 Å². The molecule has 4 rings (SSSR count). The van der Waals surface area contributed by atoms with Gasteiger partial charge in [-0.25, -0.2) is 9.97 Å². The summed E-state index contributed by atoms with van der Waals surface area (Å²) >= 11 is 0. The number of rotatable bonds is 7. The van der Waals surface area contributed by atoms with E-state index in [0.29, 0.717) is 17.5 Å². The standard InChI is InChI=1S/C25H24N8/c1-19(22-14-8-10-16-27-22)31-33(3)24-17-23(29-25(30-24)20-11-5-4-6-12-20)32(2)28-18-21-13-7-9-15-26-21/h4-18H,1-3H3/b28-18+,31-19+. The van der Waals surface area contributed by atoms with Crippen LogP contribution in [0.5, 0.6) is 0 Å². The van der Waals surface area contributed by atoms with E-state index in [9.17, 15) is 0 Å². The first-order chi connectivity index (χ1) is 16.1. The van der Waals surface area contributed by atoms with Gasteiger partial charge in [-0.15, -0.1) is 0 Å². The van der Waals surface area contributed by atoms with Crippen LogP contribution >= 0.6 is 0 Å². The van der Waals surface area contributed by atoms with Gasteiger partial charge in [-0.1, -0.05) is 42.5 Å². The van der Waals surface area contributed by atoms with Gasteiger partial charge in [0.25, 0.3) is 0 Å². The Morgan fingerprint density at radius 3 is 2.12 bits per heavy atom. The highest BCUT2D eigenvalue weighted by Crippen LogP contribution is 2.24. The van der Waals surface area contributed by atoms with Crippen molar-refractivity contribution in [3.63, 3.8) is 0 Å². The van der Waals surface area contributed by atoms with Crippen LogP contribution in [-0.2, 0) is 0 Å². The third kappa shape index (κ3) is 5.62. The van der Waals surface area contributed by atoms with Gasteiger partial charge in [-0.2, -0.15) is 10.2 Å². The molecule has 3 aromatic heterocycles. The van der Waals surface area contributed by atoms with Crippen LogP contribution in [0.2, 0.25) is 0 Å². The molecular formula is C25H24N8. The van der Waals surface area contributed by atoms with E-state index in [0.717, 1.165) is 22.7 Å². The van der Waals surface area contributed by atoms with Crippen molar-refractivity contribution in [2.45, 2.75) is 6.92 Å². The second-order valence-electron chi connectivity index (χ2n) is 7.22. The molecule has 8 heteroatoms. The highest BCUT2D eigenvalue weighted by atomic mass is 15.5. The van der Waals surface area contributed by atoms with Crippen molar-refractivity contribution in [2.75, 3.05) is 24.1 Å². The molecule has 0 N–H and O–H groups in total. The highest BCUT2D eigenvalue weighted by molar-refractivity contribution is 5.97. The number of aromatic nitrogens is 4. The van der Waals surface area contributed by atoms with Crippen LogP contribution in [0.25, 0.3) is 11.4 Å². The summed E-state index contributed by atoms with van der Waals surface area (Å²) in [5.41, 5.74) is 3.25. The van der Waals surface area contributed by atoms with Gasteiger partial charge in [0.2, 0.25) is 0 Å². The lowest BCUT2D eigenvalue weighted by atomic mass is 10.2. The van der Waals surface area contributed by atoms with Gasteiger partial charge in [0, 0.05) is 38.1 Å². The zero-order valence-electron chi connectivity index (χ0n) is 18.7. The van der Waals surface area contributed by atoms with Crippen molar-refractivity contribution < 1.29 is 0 Å². The highest BCUT2D eigenvalue weighted by Gasteiger charge is 2.13. The number of anilines is 2. The number of pyridine rings is 2. The lowest BCUT2D eigenvalue weighted by molar-refractivity contribution is 0.931. The lowest BCUT2D eigenvalue weighted by Crippen LogP contribution is -2.17. The molecule has 0 aliphatic heterocycles. The number of nitrogens with zero attached hydrogens (tertiary/aromatic N) is 8. The van der Waals surface area contributed by atoms with Crippen LogP contribution in [-0.4, -0.2) is 46.0 Å². The molecule has 0 saturated heterocycles. The maximum Gasteiger partial charge on any atom is 0.164 e. The molecule has 0 bridgehead atoms. The fraction of sp³-hybridized carbons (Fsp3) is 0.120. The Bertz CT molecular complexity index is 1240. The average molecular weight is 437 g/mol. The number of benzene rings is 1. The molecule has 0 fully saturated rings. The Morgan fingerprint density at radius 2 is 1.45 bits per heavy atom. The lowest BCUT2D eigenvalue weighted by Gasteiger charge is -2.18. The molecule has 0 aliphatic rings. The maximum atomic E-state index is 4.75. The molecule has 0 amide bonds. The van der Waals surface area contributed by atoms with Crippen molar-refractivity contribution >= 4 is 23.6 Å². The molecule has 0 aliphatic carbocycles. The van der Waals surface area contributed by atoms with Gasteiger partial charge >= 0.3 is 0 Å². The fourth-order valence-corrected chi connectivity index (χ4v) is 3.03. The largest absolute Gasteiger partial charge is 0.255 e. The van der Waals surface area contributed by atoms with E-state index in [1.54, 1.807) is 28.6 Å². The SMILES string of the molecule is C/C(=N\N(C)c1cc(N(C)/N=C/c2ccccn2)nc(-c2ccccc2)n1)c1ccccn1. The molecule has 0 unspecified atom stereocenters. The van der Waals surface area contributed by atoms with Gasteiger partial charge in [-0.05, 0) is 31.2 Å². The first-order valence-electron chi connectivity index (χ1n) is 10.4. The normalized spacial score (nSPS) is 11.5. The molecule has 8 nitrogen and oxygen atoms in total. The molecule has 4 aromatic rings. The number of hydrogen-bond acceptors (Lipinski definition) is 8. The summed E-state index contributed by atoms with van der Waals surface area (Å²) in [7, 11) is 3.69. The summed E-state index contributed by atoms with van der Waals surface area (Å²) in [6.07, 6.45) is 5.17. The van der Waals surface area contributed by atoms with Gasteiger partial charge in [0.05, 0.1) is 23.3 Å². The smallest absolute Gasteiger partial charge is 0.164 e. The van der Waals surface area contributed by atoms with E-state index in [1.165, 1.54) is 0 Å². The van der Waals surface area contributed by atoms with Crippen LogP contribution in [0.1, 0.15) is 18.3 Å². The summed E-state index contributed by atoms with van der Waals surface area (Å²) in [6.45, 7) is 1.92. The maximum absolute atomic E-state index is 4.75. The summed E-state index contributed by atoms with van der Waals surface area (Å²) < 4.78 is 0. The Hall–Kier alpha value is -4.46. The van der Waals surface area contributed by atoms with Gasteiger partial charge in [-0.3, -0.25) is 20.0 Å². The number of hydrogen-bond donors (Lipinski definition) is 0. The van der Waals surface area contributed by atoms with E-state index < -0.39 is 0 Å². The molecule has 164 valence electrons. The van der Waals surface area contributed by atoms with Crippen LogP contribution in [0, 0.1) is 0 Å². The number of hydrazone groups is 2. The minimum Gasteiger partial charge on any atom is -0.255 e. The minimum absolute atomic E-state index is 0.584.